The van der Waals surface area contributed by atoms with Crippen molar-refractivity contribution in [3.8, 4) is 0 Å². The van der Waals surface area contributed by atoms with Crippen molar-refractivity contribution < 1.29 is 0 Å². The van der Waals surface area contributed by atoms with Crippen molar-refractivity contribution in [3.05, 3.63) is 60.3 Å². The molecule has 1 aromatic carbocycles. The Labute approximate surface area is 73.2 Å². The van der Waals surface area contributed by atoms with Crippen LogP contribution in [0.5, 0.6) is 0 Å². The Kier molecular flexibility index (Phi) is 3.72. The van der Waals surface area contributed by atoms with Crippen molar-refractivity contribution in [1.29, 1.82) is 0 Å². The highest BCUT2D eigenvalue weighted by Gasteiger charge is 1.83. The van der Waals surface area contributed by atoms with Crippen LogP contribution in [0.25, 0.3) is 0 Å². The van der Waals surface area contributed by atoms with E-state index in [0.717, 1.165) is 6.42 Å². The number of benzene rings is 1. The third-order valence-electron chi connectivity index (χ3n) is 1.55. The van der Waals surface area contributed by atoms with Gasteiger partial charge in [-0.25, -0.2) is 0 Å². The van der Waals surface area contributed by atoms with E-state index in [9.17, 15) is 0 Å². The summed E-state index contributed by atoms with van der Waals surface area (Å²) in [5.74, 6) is 0. The lowest BCUT2D eigenvalue weighted by atomic mass is 10.1. The fourth-order valence-electron chi connectivity index (χ4n) is 0.961. The van der Waals surface area contributed by atoms with Crippen molar-refractivity contribution >= 4 is 0 Å². The van der Waals surface area contributed by atoms with E-state index in [1.807, 2.05) is 30.4 Å². The molecule has 0 amide bonds. The molecule has 2 N–H and O–H groups in total. The molecule has 0 radical (unpaired) electrons. The third-order valence-corrected chi connectivity index (χ3v) is 1.55. The van der Waals surface area contributed by atoms with Gasteiger partial charge in [-0.3, -0.25) is 0 Å². The quantitative estimate of drug-likeness (QED) is 0.672. The molecule has 0 atom stereocenters. The molecule has 62 valence electrons. The number of hydrogen-bond acceptors (Lipinski definition) is 1. The van der Waals surface area contributed by atoms with Crippen LogP contribution in [-0.4, -0.2) is 0 Å². The first-order valence-electron chi connectivity index (χ1n) is 4.01. The summed E-state index contributed by atoms with van der Waals surface area (Å²) >= 11 is 0. The first kappa shape index (κ1) is 8.60. The van der Waals surface area contributed by atoms with Gasteiger partial charge in [-0.1, -0.05) is 42.5 Å². The van der Waals surface area contributed by atoms with E-state index in [2.05, 4.69) is 18.2 Å². The summed E-state index contributed by atoms with van der Waals surface area (Å²) in [6.45, 7) is 0. The Morgan fingerprint density at radius 2 is 1.83 bits per heavy atom. The second kappa shape index (κ2) is 5.19. The molecular formula is C11H13N. The van der Waals surface area contributed by atoms with Gasteiger partial charge >= 0.3 is 0 Å². The van der Waals surface area contributed by atoms with E-state index in [-0.39, 0.29) is 0 Å². The van der Waals surface area contributed by atoms with Crippen LogP contribution in [0.3, 0.4) is 0 Å². The molecule has 1 aromatic rings. The average molecular weight is 159 g/mol. The molecule has 0 saturated carbocycles. The van der Waals surface area contributed by atoms with Crippen LogP contribution >= 0.6 is 0 Å². The van der Waals surface area contributed by atoms with E-state index >= 15 is 0 Å². The minimum Gasteiger partial charge on any atom is -0.405 e. The van der Waals surface area contributed by atoms with Crippen LogP contribution in [0, 0.1) is 0 Å². The second-order valence-corrected chi connectivity index (χ2v) is 2.50. The first-order valence-corrected chi connectivity index (χ1v) is 4.01. The summed E-state index contributed by atoms with van der Waals surface area (Å²) in [4.78, 5) is 0. The van der Waals surface area contributed by atoms with E-state index < -0.39 is 0 Å². The number of hydrogen-bond donors (Lipinski definition) is 1. The smallest absolute Gasteiger partial charge is 0.00625 e. The maximum atomic E-state index is 5.18. The van der Waals surface area contributed by atoms with Crippen LogP contribution < -0.4 is 5.73 Å². The maximum Gasteiger partial charge on any atom is -0.00625 e. The predicted octanol–water partition coefficient (Wildman–Crippen LogP) is 2.26. The molecule has 0 unspecified atom stereocenters. The van der Waals surface area contributed by atoms with Gasteiger partial charge in [-0.05, 0) is 24.3 Å². The fourth-order valence-corrected chi connectivity index (χ4v) is 0.961. The Bertz CT molecular complexity index is 260. The van der Waals surface area contributed by atoms with Gasteiger partial charge in [0.2, 0.25) is 0 Å². The lowest BCUT2D eigenvalue weighted by Gasteiger charge is -1.92. The summed E-state index contributed by atoms with van der Waals surface area (Å²) in [5, 5.41) is 0. The molecular weight excluding hydrogens is 146 g/mol. The maximum absolute atomic E-state index is 5.18. The minimum absolute atomic E-state index is 0.963. The van der Waals surface area contributed by atoms with Gasteiger partial charge in [0, 0.05) is 0 Å². The summed E-state index contributed by atoms with van der Waals surface area (Å²) < 4.78 is 0. The molecule has 1 heteroatoms. The van der Waals surface area contributed by atoms with Crippen LogP contribution in [0.15, 0.2) is 54.8 Å². The Morgan fingerprint density at radius 1 is 1.08 bits per heavy atom. The number of allylic oxidation sites excluding steroid dienone is 3. The molecule has 12 heavy (non-hydrogen) atoms. The Morgan fingerprint density at radius 3 is 2.50 bits per heavy atom. The zero-order valence-electron chi connectivity index (χ0n) is 6.98. The van der Waals surface area contributed by atoms with Crippen molar-refractivity contribution in [1.82, 2.24) is 0 Å². The van der Waals surface area contributed by atoms with Crippen LogP contribution in [0.4, 0.5) is 0 Å². The third kappa shape index (κ3) is 3.06. The van der Waals surface area contributed by atoms with E-state index in [1.165, 1.54) is 11.8 Å². The highest BCUT2D eigenvalue weighted by molar-refractivity contribution is 5.18. The van der Waals surface area contributed by atoms with Gasteiger partial charge in [-0.2, -0.15) is 0 Å². The van der Waals surface area contributed by atoms with Crippen molar-refractivity contribution in [2.24, 2.45) is 5.73 Å². The molecule has 0 aliphatic rings. The zero-order valence-corrected chi connectivity index (χ0v) is 6.98. The van der Waals surface area contributed by atoms with Gasteiger partial charge in [0.05, 0.1) is 0 Å². The normalized spacial score (nSPS) is 11.3. The second-order valence-electron chi connectivity index (χ2n) is 2.50. The van der Waals surface area contributed by atoms with Crippen molar-refractivity contribution in [3.63, 3.8) is 0 Å². The van der Waals surface area contributed by atoms with Gasteiger partial charge in [-0.15, -0.1) is 0 Å². The van der Waals surface area contributed by atoms with Crippen LogP contribution in [-0.2, 0) is 6.42 Å². The van der Waals surface area contributed by atoms with Crippen molar-refractivity contribution in [2.75, 3.05) is 0 Å². The molecule has 0 fully saturated rings. The van der Waals surface area contributed by atoms with Gasteiger partial charge in [0.25, 0.3) is 0 Å². The zero-order chi connectivity index (χ0) is 8.65. The lowest BCUT2D eigenvalue weighted by Crippen LogP contribution is -1.78. The first-order chi connectivity index (χ1) is 5.93. The van der Waals surface area contributed by atoms with E-state index in [0.29, 0.717) is 0 Å². The topological polar surface area (TPSA) is 26.0 Å². The Balaban J connectivity index is 2.43. The van der Waals surface area contributed by atoms with Crippen molar-refractivity contribution in [2.45, 2.75) is 6.42 Å². The average Bonchev–Trinajstić information content (AvgIpc) is 2.14. The highest BCUT2D eigenvalue weighted by atomic mass is 14.5. The molecule has 0 bridgehead atoms. The molecule has 0 heterocycles. The SMILES string of the molecule is N/C=C/C=C\Cc1ccccc1. The van der Waals surface area contributed by atoms with Gasteiger partial charge < -0.3 is 5.73 Å². The van der Waals surface area contributed by atoms with Crippen LogP contribution in [0.2, 0.25) is 0 Å². The standard InChI is InChI=1S/C11H13N/c12-10-6-2-5-9-11-7-3-1-4-8-11/h1-8,10H,9,12H2/b5-2-,10-6+. The molecule has 0 aliphatic heterocycles. The number of rotatable bonds is 3. The fraction of sp³-hybridized carbons (Fsp3) is 0.0909. The summed E-state index contributed by atoms with van der Waals surface area (Å²) in [6.07, 6.45) is 8.35. The molecule has 0 saturated heterocycles. The van der Waals surface area contributed by atoms with Crippen LogP contribution in [0.1, 0.15) is 5.56 Å². The molecule has 1 rings (SSSR count). The summed E-state index contributed by atoms with van der Waals surface area (Å²) in [5.41, 5.74) is 6.49. The Hall–Kier alpha value is -1.50. The summed E-state index contributed by atoms with van der Waals surface area (Å²) in [7, 11) is 0. The van der Waals surface area contributed by atoms with Gasteiger partial charge in [0.15, 0.2) is 0 Å². The monoisotopic (exact) mass is 159 g/mol. The van der Waals surface area contributed by atoms with Gasteiger partial charge in [0.1, 0.15) is 0 Å². The lowest BCUT2D eigenvalue weighted by molar-refractivity contribution is 1.27. The van der Waals surface area contributed by atoms with E-state index in [1.54, 1.807) is 0 Å². The molecule has 0 aromatic heterocycles. The van der Waals surface area contributed by atoms with E-state index in [4.69, 9.17) is 5.73 Å². The summed E-state index contributed by atoms with van der Waals surface area (Å²) in [6, 6.07) is 10.3. The minimum atomic E-state index is 0.963. The number of nitrogens with two attached hydrogens (primary N) is 1. The molecule has 1 nitrogen and oxygen atoms in total. The highest BCUT2D eigenvalue weighted by Crippen LogP contribution is 1.99. The molecule has 0 spiro atoms. The molecule has 0 aliphatic carbocycles. The predicted molar refractivity (Wildman–Crippen MR) is 52.6 cm³/mol. The largest absolute Gasteiger partial charge is 0.405 e.